The summed E-state index contributed by atoms with van der Waals surface area (Å²) in [7, 11) is 0. The maximum absolute atomic E-state index is 12.2. The topological polar surface area (TPSA) is 17.1 Å². The van der Waals surface area contributed by atoms with Gasteiger partial charge < -0.3 is 0 Å². The highest BCUT2D eigenvalue weighted by atomic mass is 16.1. The van der Waals surface area contributed by atoms with Crippen LogP contribution in [-0.4, -0.2) is 5.78 Å². The molecule has 1 nitrogen and oxygen atoms in total. The minimum absolute atomic E-state index is 0.190. The molecule has 1 saturated carbocycles. The Bertz CT molecular complexity index is 520. The van der Waals surface area contributed by atoms with E-state index in [9.17, 15) is 4.79 Å². The highest BCUT2D eigenvalue weighted by molar-refractivity contribution is 5.96. The van der Waals surface area contributed by atoms with E-state index in [2.05, 4.69) is 33.1 Å². The largest absolute Gasteiger partial charge is 0.294 e. The molecule has 0 spiro atoms. The van der Waals surface area contributed by atoms with Crippen molar-refractivity contribution in [2.24, 2.45) is 17.3 Å². The van der Waals surface area contributed by atoms with Gasteiger partial charge in [-0.15, -0.1) is 0 Å². The minimum Gasteiger partial charge on any atom is -0.294 e. The second-order valence-corrected chi connectivity index (χ2v) is 7.03. The first kappa shape index (κ1) is 16.0. The number of ketones is 1. The zero-order valence-corrected chi connectivity index (χ0v) is 13.7. The van der Waals surface area contributed by atoms with Gasteiger partial charge in [0.15, 0.2) is 5.78 Å². The van der Waals surface area contributed by atoms with Crippen LogP contribution < -0.4 is 0 Å². The molecule has 0 aromatic carbocycles. The third-order valence-corrected chi connectivity index (χ3v) is 5.77. The summed E-state index contributed by atoms with van der Waals surface area (Å²) in [5.41, 5.74) is 3.77. The number of fused-ring (bicyclic) bond motifs is 2. The fourth-order valence-corrected chi connectivity index (χ4v) is 4.24. The summed E-state index contributed by atoms with van der Waals surface area (Å²) < 4.78 is 0. The average Bonchev–Trinajstić information content (AvgIpc) is 2.44. The second-order valence-electron chi connectivity index (χ2n) is 7.03. The molecule has 1 heteroatoms. The summed E-state index contributed by atoms with van der Waals surface area (Å²) in [6.45, 7) is 14.0. The average molecular weight is 284 g/mol. The van der Waals surface area contributed by atoms with Crippen molar-refractivity contribution in [3.8, 4) is 0 Å². The van der Waals surface area contributed by atoms with Crippen LogP contribution in [0.15, 0.2) is 48.1 Å². The number of hydrogen-bond donors (Lipinski definition) is 0. The zero-order valence-electron chi connectivity index (χ0n) is 13.7. The number of rotatable bonds is 6. The van der Waals surface area contributed by atoms with E-state index in [0.29, 0.717) is 23.8 Å². The van der Waals surface area contributed by atoms with Gasteiger partial charge in [-0.05, 0) is 62.4 Å². The molecule has 3 rings (SSSR count). The van der Waals surface area contributed by atoms with E-state index in [1.165, 1.54) is 30.4 Å². The summed E-state index contributed by atoms with van der Waals surface area (Å²) in [6.07, 6.45) is 11.6. The van der Waals surface area contributed by atoms with Crippen LogP contribution >= 0.6 is 0 Å². The molecule has 0 heterocycles. The van der Waals surface area contributed by atoms with Crippen LogP contribution in [0.5, 0.6) is 0 Å². The number of Topliss-reactive ketones (excluding diaryl/α,β-unsaturated/α-hetero) is 1. The number of carbonyl (C=O) groups excluding carboxylic acids is 1. The first-order valence-corrected chi connectivity index (χ1v) is 8.06. The maximum atomic E-state index is 12.2. The van der Waals surface area contributed by atoms with Crippen molar-refractivity contribution < 1.29 is 4.79 Å². The Morgan fingerprint density at radius 1 is 1.48 bits per heavy atom. The number of carbonyl (C=O) groups is 1. The molecular formula is C20H28O. The summed E-state index contributed by atoms with van der Waals surface area (Å²) in [5, 5.41) is 0. The minimum atomic E-state index is 0.190. The smallest absolute Gasteiger partial charge is 0.162 e. The van der Waals surface area contributed by atoms with Gasteiger partial charge in [0.25, 0.3) is 0 Å². The fraction of sp³-hybridized carbons (Fsp3) is 0.550. The summed E-state index contributed by atoms with van der Waals surface area (Å²) in [5.74, 6) is 1.55. The molecule has 114 valence electrons. The summed E-state index contributed by atoms with van der Waals surface area (Å²) >= 11 is 0. The zero-order chi connectivity index (χ0) is 15.6. The van der Waals surface area contributed by atoms with Crippen LogP contribution in [0.25, 0.3) is 0 Å². The van der Waals surface area contributed by atoms with Crippen LogP contribution in [-0.2, 0) is 4.79 Å². The van der Waals surface area contributed by atoms with Crippen molar-refractivity contribution in [3.63, 3.8) is 0 Å². The predicted molar refractivity (Wildman–Crippen MR) is 90.0 cm³/mol. The van der Waals surface area contributed by atoms with Crippen LogP contribution in [0, 0.1) is 17.3 Å². The molecule has 0 N–H and O–H groups in total. The van der Waals surface area contributed by atoms with Gasteiger partial charge in [-0.1, -0.05) is 49.5 Å². The van der Waals surface area contributed by atoms with Gasteiger partial charge in [-0.2, -0.15) is 0 Å². The summed E-state index contributed by atoms with van der Waals surface area (Å²) in [4.78, 5) is 12.2. The number of allylic oxidation sites excluding steroid dienone is 6. The monoisotopic (exact) mass is 284 g/mol. The highest BCUT2D eigenvalue weighted by Gasteiger charge is 2.47. The first-order chi connectivity index (χ1) is 9.90. The van der Waals surface area contributed by atoms with Crippen molar-refractivity contribution >= 4 is 5.78 Å². The van der Waals surface area contributed by atoms with E-state index >= 15 is 0 Å². The lowest BCUT2D eigenvalue weighted by atomic mass is 9.52. The molecule has 0 radical (unpaired) electrons. The molecule has 3 aliphatic carbocycles. The van der Waals surface area contributed by atoms with E-state index in [1.807, 2.05) is 19.1 Å². The number of hydrogen-bond acceptors (Lipinski definition) is 1. The van der Waals surface area contributed by atoms with Crippen LogP contribution in [0.4, 0.5) is 0 Å². The van der Waals surface area contributed by atoms with Crippen LogP contribution in [0.1, 0.15) is 52.9 Å². The lowest BCUT2D eigenvalue weighted by Crippen LogP contribution is -2.42. The molecule has 21 heavy (non-hydrogen) atoms. The van der Waals surface area contributed by atoms with Gasteiger partial charge in [0.05, 0.1) is 0 Å². The SMILES string of the molecule is C=C/C=C/C[C@@H]1C[C@H]2CC[C@]1(C)C(CC(=O)C(=C)C)=C2C. The molecule has 0 saturated heterocycles. The second kappa shape index (κ2) is 6.17. The third-order valence-electron chi connectivity index (χ3n) is 5.77. The molecule has 3 aliphatic rings. The van der Waals surface area contributed by atoms with Crippen molar-refractivity contribution in [1.29, 1.82) is 0 Å². The summed E-state index contributed by atoms with van der Waals surface area (Å²) in [6, 6.07) is 0. The fourth-order valence-electron chi connectivity index (χ4n) is 4.24. The van der Waals surface area contributed by atoms with E-state index < -0.39 is 0 Å². The van der Waals surface area contributed by atoms with Crippen LogP contribution in [0.3, 0.4) is 0 Å². The van der Waals surface area contributed by atoms with Gasteiger partial charge in [-0.25, -0.2) is 0 Å². The third kappa shape index (κ3) is 2.97. The van der Waals surface area contributed by atoms with Gasteiger partial charge in [0.1, 0.15) is 0 Å². The van der Waals surface area contributed by atoms with E-state index in [1.54, 1.807) is 0 Å². The Morgan fingerprint density at radius 3 is 2.81 bits per heavy atom. The molecule has 0 aromatic rings. The van der Waals surface area contributed by atoms with Crippen molar-refractivity contribution in [2.75, 3.05) is 0 Å². The van der Waals surface area contributed by atoms with Gasteiger partial charge in [0, 0.05) is 6.42 Å². The Balaban J connectivity index is 2.27. The Kier molecular flexibility index (Phi) is 4.70. The molecule has 2 bridgehead atoms. The van der Waals surface area contributed by atoms with Crippen molar-refractivity contribution in [1.82, 2.24) is 0 Å². The molecular weight excluding hydrogens is 256 g/mol. The normalized spacial score (nSPS) is 31.8. The van der Waals surface area contributed by atoms with E-state index in [-0.39, 0.29) is 11.2 Å². The van der Waals surface area contributed by atoms with Crippen LogP contribution in [0.2, 0.25) is 0 Å². The van der Waals surface area contributed by atoms with Crippen molar-refractivity contribution in [2.45, 2.75) is 52.9 Å². The molecule has 0 aliphatic heterocycles. The van der Waals surface area contributed by atoms with Gasteiger partial charge in [-0.3, -0.25) is 4.79 Å². The molecule has 1 fully saturated rings. The predicted octanol–water partition coefficient (Wildman–Crippen LogP) is 5.41. The molecule has 0 amide bonds. The Hall–Kier alpha value is -1.37. The molecule has 0 aromatic heterocycles. The van der Waals surface area contributed by atoms with E-state index in [4.69, 9.17) is 0 Å². The maximum Gasteiger partial charge on any atom is 0.162 e. The lowest BCUT2D eigenvalue weighted by Gasteiger charge is -2.52. The van der Waals surface area contributed by atoms with Crippen molar-refractivity contribution in [3.05, 3.63) is 48.1 Å². The Morgan fingerprint density at radius 2 is 2.19 bits per heavy atom. The van der Waals surface area contributed by atoms with E-state index in [0.717, 1.165) is 6.42 Å². The molecule has 0 unspecified atom stereocenters. The highest BCUT2D eigenvalue weighted by Crippen LogP contribution is 2.58. The Labute approximate surface area is 129 Å². The first-order valence-electron chi connectivity index (χ1n) is 8.06. The standard InChI is InChI=1S/C20H28O/c1-6-7-8-9-17-12-16-10-11-20(17,5)18(15(16)4)13-19(21)14(2)3/h6-8,16-17H,1-2,9-13H2,3-5H3/b8-7+/t16-,17-,20+/m1/s1. The van der Waals surface area contributed by atoms with Gasteiger partial charge >= 0.3 is 0 Å². The quantitative estimate of drug-likeness (QED) is 0.362. The van der Waals surface area contributed by atoms with Gasteiger partial charge in [0.2, 0.25) is 0 Å². The molecule has 3 atom stereocenters. The lowest BCUT2D eigenvalue weighted by molar-refractivity contribution is -0.115.